The highest BCUT2D eigenvalue weighted by Crippen LogP contribution is 2.62. The third kappa shape index (κ3) is 2.34. The number of fused-ring (bicyclic) bond motifs is 5. The van der Waals surface area contributed by atoms with E-state index in [0.29, 0.717) is 29.4 Å². The predicted molar refractivity (Wildman–Crippen MR) is 97.0 cm³/mol. The Morgan fingerprint density at radius 1 is 1.25 bits per heavy atom. The third-order valence-corrected chi connectivity index (χ3v) is 7.13. The van der Waals surface area contributed by atoms with Crippen molar-refractivity contribution in [1.29, 1.82) is 0 Å². The molecule has 1 aromatic carbocycles. The smallest absolute Gasteiger partial charge is 0.115 e. The van der Waals surface area contributed by atoms with E-state index in [-0.39, 0.29) is 11.5 Å². The van der Waals surface area contributed by atoms with Gasteiger partial charge in [-0.25, -0.2) is 0 Å². The van der Waals surface area contributed by atoms with E-state index in [2.05, 4.69) is 32.9 Å². The second-order valence-corrected chi connectivity index (χ2v) is 8.94. The van der Waals surface area contributed by atoms with Gasteiger partial charge in [-0.3, -0.25) is 0 Å². The number of hydrogen-bond donors (Lipinski definition) is 2. The summed E-state index contributed by atoms with van der Waals surface area (Å²) in [6.45, 7) is 6.73. The van der Waals surface area contributed by atoms with Gasteiger partial charge in [0.2, 0.25) is 0 Å². The first-order chi connectivity index (χ1) is 11.4. The minimum Gasteiger partial charge on any atom is -0.508 e. The summed E-state index contributed by atoms with van der Waals surface area (Å²) < 4.78 is 0. The maximum Gasteiger partial charge on any atom is 0.115 e. The topological polar surface area (TPSA) is 40.5 Å². The molecule has 0 aromatic heterocycles. The molecular weight excluding hydrogens is 296 g/mol. The monoisotopic (exact) mass is 326 g/mol. The fraction of sp³-hybridized carbons (Fsp3) is 0.636. The van der Waals surface area contributed by atoms with Crippen LogP contribution in [0.3, 0.4) is 0 Å². The van der Waals surface area contributed by atoms with Crippen LogP contribution in [0.5, 0.6) is 5.75 Å². The van der Waals surface area contributed by atoms with Crippen LogP contribution in [-0.2, 0) is 6.42 Å². The number of aromatic hydroxyl groups is 1. The highest BCUT2D eigenvalue weighted by atomic mass is 16.3. The molecule has 0 unspecified atom stereocenters. The number of phenols is 1. The first kappa shape index (κ1) is 16.2. The van der Waals surface area contributed by atoms with E-state index in [1.807, 2.05) is 12.1 Å². The van der Waals surface area contributed by atoms with Gasteiger partial charge in [0.05, 0.1) is 6.10 Å². The van der Waals surface area contributed by atoms with Crippen LogP contribution in [-0.4, -0.2) is 16.3 Å². The Bertz CT molecular complexity index is 675. The normalized spacial score (nSPS) is 39.6. The van der Waals surface area contributed by atoms with E-state index >= 15 is 0 Å². The number of aliphatic hydroxyl groups excluding tert-OH is 1. The van der Waals surface area contributed by atoms with Crippen LogP contribution >= 0.6 is 0 Å². The van der Waals surface area contributed by atoms with Crippen LogP contribution in [0.15, 0.2) is 29.8 Å². The summed E-state index contributed by atoms with van der Waals surface area (Å²) >= 11 is 0. The van der Waals surface area contributed by atoms with Crippen molar-refractivity contribution in [2.75, 3.05) is 0 Å². The van der Waals surface area contributed by atoms with Gasteiger partial charge < -0.3 is 10.2 Å². The summed E-state index contributed by atoms with van der Waals surface area (Å²) in [5.74, 6) is 2.78. The van der Waals surface area contributed by atoms with E-state index in [4.69, 9.17) is 0 Å². The lowest BCUT2D eigenvalue weighted by Crippen LogP contribution is -2.44. The Morgan fingerprint density at radius 3 is 2.79 bits per heavy atom. The van der Waals surface area contributed by atoms with Crippen molar-refractivity contribution in [3.05, 3.63) is 41.0 Å². The molecule has 0 heterocycles. The Balaban J connectivity index is 1.69. The van der Waals surface area contributed by atoms with Crippen molar-refractivity contribution < 1.29 is 10.2 Å². The Morgan fingerprint density at radius 2 is 2.04 bits per heavy atom. The number of allylic oxidation sites excluding steroid dienone is 1. The maximum atomic E-state index is 11.0. The molecule has 24 heavy (non-hydrogen) atoms. The fourth-order valence-corrected chi connectivity index (χ4v) is 6.02. The van der Waals surface area contributed by atoms with Crippen LogP contribution in [0.4, 0.5) is 0 Å². The van der Waals surface area contributed by atoms with E-state index in [9.17, 15) is 10.2 Å². The molecule has 0 bridgehead atoms. The lowest BCUT2D eigenvalue weighted by Gasteiger charge is -2.49. The van der Waals surface area contributed by atoms with Crippen LogP contribution in [0, 0.1) is 23.2 Å². The van der Waals surface area contributed by atoms with Crippen molar-refractivity contribution in [2.24, 2.45) is 23.2 Å². The molecule has 2 saturated carbocycles. The second-order valence-electron chi connectivity index (χ2n) is 8.94. The zero-order valence-electron chi connectivity index (χ0n) is 15.1. The van der Waals surface area contributed by atoms with Gasteiger partial charge in [-0.05, 0) is 84.6 Å². The fourth-order valence-electron chi connectivity index (χ4n) is 6.02. The molecule has 130 valence electrons. The van der Waals surface area contributed by atoms with Crippen molar-refractivity contribution in [2.45, 2.75) is 64.9 Å². The van der Waals surface area contributed by atoms with Gasteiger partial charge in [0.25, 0.3) is 0 Å². The first-order valence-corrected chi connectivity index (χ1v) is 9.60. The molecular formula is C22H30O2. The van der Waals surface area contributed by atoms with Crippen molar-refractivity contribution >= 4 is 0 Å². The first-order valence-electron chi connectivity index (χ1n) is 9.60. The molecule has 4 rings (SSSR count). The minimum atomic E-state index is -0.257. The highest BCUT2D eigenvalue weighted by molar-refractivity contribution is 5.40. The summed E-state index contributed by atoms with van der Waals surface area (Å²) in [4.78, 5) is 0. The van der Waals surface area contributed by atoms with Gasteiger partial charge in [0.1, 0.15) is 5.75 Å². The molecule has 1 aromatic rings. The van der Waals surface area contributed by atoms with Crippen LogP contribution in [0.1, 0.15) is 63.5 Å². The van der Waals surface area contributed by atoms with Crippen molar-refractivity contribution in [3.63, 3.8) is 0 Å². The highest BCUT2D eigenvalue weighted by Gasteiger charge is 2.56. The van der Waals surface area contributed by atoms with Gasteiger partial charge in [0.15, 0.2) is 0 Å². The molecule has 2 heteroatoms. The van der Waals surface area contributed by atoms with Crippen LogP contribution in [0.25, 0.3) is 0 Å². The van der Waals surface area contributed by atoms with Gasteiger partial charge in [-0.2, -0.15) is 0 Å². The summed E-state index contributed by atoms with van der Waals surface area (Å²) in [5.41, 5.74) is 4.14. The number of rotatable bonds is 1. The second kappa shape index (κ2) is 5.62. The van der Waals surface area contributed by atoms with E-state index in [0.717, 1.165) is 19.3 Å². The molecule has 2 fully saturated rings. The standard InChI is InChI=1S/C22H30O2/c1-13(2)10-15-12-20-19-6-4-14-11-16(23)5-7-17(14)18(19)8-9-22(20,3)21(15)24/h5,7,10-11,13,18-21,23-24H,4,6,8-9,12H2,1-3H3/b15-10+/t18-,19-,20+,21+,22+/m1/s1. The lowest BCUT2D eigenvalue weighted by atomic mass is 9.55. The maximum absolute atomic E-state index is 11.0. The summed E-state index contributed by atoms with van der Waals surface area (Å²) in [6.07, 6.45) is 7.66. The van der Waals surface area contributed by atoms with Crippen molar-refractivity contribution in [3.8, 4) is 5.75 Å². The van der Waals surface area contributed by atoms with Gasteiger partial charge in [-0.15, -0.1) is 0 Å². The largest absolute Gasteiger partial charge is 0.508 e. The molecule has 3 aliphatic rings. The minimum absolute atomic E-state index is 0.0519. The van der Waals surface area contributed by atoms with Crippen molar-refractivity contribution in [1.82, 2.24) is 0 Å². The molecule has 2 nitrogen and oxygen atoms in total. The van der Waals surface area contributed by atoms with Crippen LogP contribution < -0.4 is 0 Å². The van der Waals surface area contributed by atoms with Gasteiger partial charge in [-0.1, -0.05) is 32.9 Å². The number of aliphatic hydroxyl groups is 1. The average molecular weight is 326 g/mol. The molecule has 0 amide bonds. The zero-order valence-corrected chi connectivity index (χ0v) is 15.1. The zero-order chi connectivity index (χ0) is 17.1. The summed E-state index contributed by atoms with van der Waals surface area (Å²) in [7, 11) is 0. The molecule has 0 spiro atoms. The van der Waals surface area contributed by atoms with Gasteiger partial charge in [0, 0.05) is 5.41 Å². The van der Waals surface area contributed by atoms with Gasteiger partial charge >= 0.3 is 0 Å². The molecule has 0 saturated heterocycles. The Kier molecular flexibility index (Phi) is 3.80. The molecule has 2 N–H and O–H groups in total. The van der Waals surface area contributed by atoms with Crippen LogP contribution in [0.2, 0.25) is 0 Å². The summed E-state index contributed by atoms with van der Waals surface area (Å²) in [6, 6.07) is 5.97. The number of benzene rings is 1. The molecule has 5 atom stereocenters. The van der Waals surface area contributed by atoms with E-state index in [1.165, 1.54) is 29.5 Å². The Hall–Kier alpha value is -1.28. The quantitative estimate of drug-likeness (QED) is 0.728. The van der Waals surface area contributed by atoms with E-state index in [1.54, 1.807) is 0 Å². The SMILES string of the molecule is CC(C)/C=C1\C[C@H]2[C@@H]3CCc4cc(O)ccc4[C@H]3CC[C@]2(C)[C@H]1O. The predicted octanol–water partition coefficient (Wildman–Crippen LogP) is 4.80. The number of aryl methyl sites for hydroxylation is 1. The number of phenolic OH excluding ortho intramolecular Hbond substituents is 1. The van der Waals surface area contributed by atoms with E-state index < -0.39 is 0 Å². The molecule has 0 aliphatic heterocycles. The Labute approximate surface area is 145 Å². The summed E-state index contributed by atoms with van der Waals surface area (Å²) in [5, 5.41) is 20.8. The third-order valence-electron chi connectivity index (χ3n) is 7.13. The lowest BCUT2D eigenvalue weighted by molar-refractivity contribution is -0.0161. The average Bonchev–Trinajstić information content (AvgIpc) is 2.78. The molecule has 0 radical (unpaired) electrons. The molecule has 3 aliphatic carbocycles. The number of hydrogen-bond acceptors (Lipinski definition) is 2.